The highest BCUT2D eigenvalue weighted by atomic mass is 16.3. The molecule has 5 aromatic heterocycles. The molecule has 0 saturated carbocycles. The van der Waals surface area contributed by atoms with Gasteiger partial charge in [0.1, 0.15) is 16.7 Å². The van der Waals surface area contributed by atoms with Gasteiger partial charge in [-0.1, -0.05) is 157 Å². The van der Waals surface area contributed by atoms with Crippen LogP contribution in [0, 0.1) is 0 Å². The molecule has 64 heavy (non-hydrogen) atoms. The van der Waals surface area contributed by atoms with Gasteiger partial charge in [0, 0.05) is 54.2 Å². The zero-order chi connectivity index (χ0) is 69.7. The summed E-state index contributed by atoms with van der Waals surface area (Å²) in [5.41, 5.74) is -9.31. The lowest BCUT2D eigenvalue weighted by molar-refractivity contribution is 0.666. The highest BCUT2D eigenvalue weighted by Crippen LogP contribution is 2.45. The first-order chi connectivity index (χ1) is 45.0. The lowest BCUT2D eigenvalue weighted by Gasteiger charge is -2.14. The Morgan fingerprint density at radius 1 is 0.391 bits per heavy atom. The fraction of sp³-hybridized carbons (Fsp3) is 0. The van der Waals surface area contributed by atoms with E-state index in [-0.39, 0.29) is 0 Å². The van der Waals surface area contributed by atoms with E-state index in [4.69, 9.17) is 39.9 Å². The van der Waals surface area contributed by atoms with Crippen LogP contribution in [0.1, 0.15) is 43.9 Å². The third kappa shape index (κ3) is 5.00. The van der Waals surface area contributed by atoms with E-state index in [1.165, 1.54) is 0 Å². The van der Waals surface area contributed by atoms with Gasteiger partial charge in [-0.05, 0) is 53.4 Å². The molecule has 0 fully saturated rings. The van der Waals surface area contributed by atoms with Crippen molar-refractivity contribution in [3.05, 3.63) is 199 Å². The first-order valence-electron chi connectivity index (χ1n) is 34.8. The van der Waals surface area contributed by atoms with Gasteiger partial charge in [0.05, 0.1) is 71.6 Å². The third-order valence-corrected chi connectivity index (χ3v) is 10.5. The van der Waals surface area contributed by atoms with Crippen molar-refractivity contribution in [3.8, 4) is 45.5 Å². The van der Waals surface area contributed by atoms with Crippen molar-refractivity contribution in [2.24, 2.45) is 0 Å². The largest absolute Gasteiger partial charge is 0.456 e. The Morgan fingerprint density at radius 2 is 1.00 bits per heavy atom. The summed E-state index contributed by atoms with van der Waals surface area (Å²) in [7, 11) is 0. The van der Waals surface area contributed by atoms with E-state index in [0.29, 0.717) is 0 Å². The van der Waals surface area contributed by atoms with Gasteiger partial charge in [-0.3, -0.25) is 4.57 Å². The number of hydrogen-bond acceptors (Lipinski definition) is 5. The number of hydrogen-bond donors (Lipinski definition) is 0. The van der Waals surface area contributed by atoms with Crippen molar-refractivity contribution in [3.63, 3.8) is 0 Å². The van der Waals surface area contributed by atoms with Gasteiger partial charge < -0.3 is 13.4 Å². The molecule has 0 amide bonds. The van der Waals surface area contributed by atoms with Gasteiger partial charge in [-0.2, -0.15) is 9.97 Å². The molecule has 0 aliphatic heterocycles. The van der Waals surface area contributed by atoms with E-state index < -0.39 is 326 Å². The number of fused-ring (bicyclic) bond motifs is 13. The van der Waals surface area contributed by atoms with Gasteiger partial charge >= 0.3 is 0 Å². The van der Waals surface area contributed by atoms with E-state index >= 15 is 0 Å². The molecule has 0 N–H and O–H groups in total. The summed E-state index contributed by atoms with van der Waals surface area (Å²) in [5, 5.41) is -4.67. The van der Waals surface area contributed by atoms with Crippen molar-refractivity contribution < 1.29 is 52.7 Å². The van der Waals surface area contributed by atoms with Crippen LogP contribution in [0.2, 0.25) is 0 Å². The fourth-order valence-corrected chi connectivity index (χ4v) is 7.98. The third-order valence-electron chi connectivity index (χ3n) is 10.5. The van der Waals surface area contributed by atoms with Gasteiger partial charge in [-0.15, -0.1) is 0 Å². The number of aromatic nitrogens is 5. The highest BCUT2D eigenvalue weighted by molar-refractivity contribution is 6.24. The van der Waals surface area contributed by atoms with Crippen LogP contribution in [0.25, 0.3) is 133 Å². The summed E-state index contributed by atoms with van der Waals surface area (Å²) in [5.74, 6) is -2.84. The predicted octanol–water partition coefficient (Wildman–Crippen LogP) is 14.9. The predicted molar refractivity (Wildman–Crippen MR) is 259 cm³/mol. The Morgan fingerprint density at radius 3 is 1.80 bits per heavy atom. The van der Waals surface area contributed by atoms with Crippen molar-refractivity contribution in [2.75, 3.05) is 0 Å². The quantitative estimate of drug-likeness (QED) is 0.172. The SMILES string of the molecule is [2H]c1cc2c(c([2H])c1[2H])c1c([2H])c([2H])c3c4c([2H])c([2H])c([2H])c([2H])c4n(-c4nc(-c5c([2H])c([2H])c([2H])c([2H])c5[2H])nc(-c5c([2H])c([2H])c([2H])c6oc7c([2H])c([2H])c([2H])c([2H])c7c56)n4)c3c1n2-c1c([2H])c(-c2c([2H])c([2H])c([2H])c([2H])c2[2H])c([2H])c2c1oc1c([2H])c([2H])c([2H])c([2H])c12. The molecule has 0 spiro atoms. The summed E-state index contributed by atoms with van der Waals surface area (Å²) < 4.78 is 307. The summed E-state index contributed by atoms with van der Waals surface area (Å²) in [6, 6.07) is -28.6. The molecule has 0 atom stereocenters. The number of benzene rings is 9. The van der Waals surface area contributed by atoms with E-state index in [2.05, 4.69) is 9.97 Å². The van der Waals surface area contributed by atoms with Crippen LogP contribution in [0.15, 0.2) is 208 Å². The zero-order valence-electron chi connectivity index (χ0n) is 63.6. The van der Waals surface area contributed by atoms with Crippen molar-refractivity contribution in [2.45, 2.75) is 0 Å². The average Bonchev–Trinajstić information content (AvgIpc) is 1.51. The zero-order valence-corrected chi connectivity index (χ0v) is 31.6. The lowest BCUT2D eigenvalue weighted by atomic mass is 10.0. The Balaban J connectivity index is 1.31. The first kappa shape index (κ1) is 16.1. The Labute approximate surface area is 409 Å². The van der Waals surface area contributed by atoms with Crippen molar-refractivity contribution in [1.29, 1.82) is 0 Å². The second kappa shape index (κ2) is 13.3. The lowest BCUT2D eigenvalue weighted by Crippen LogP contribution is -2.07. The Hall–Kier alpha value is -8.81. The molecular formula is C57H33N5O2. The molecule has 7 nitrogen and oxygen atoms in total. The molecule has 14 aromatic rings. The van der Waals surface area contributed by atoms with E-state index in [1.54, 1.807) is 0 Å². The number of rotatable bonds is 5. The fourth-order valence-electron chi connectivity index (χ4n) is 7.98. The van der Waals surface area contributed by atoms with E-state index in [1.807, 2.05) is 0 Å². The number of para-hydroxylation sites is 4. The Bertz CT molecular complexity index is 6070. The average molecular weight is 852 g/mol. The van der Waals surface area contributed by atoms with E-state index in [0.717, 1.165) is 15.2 Å². The van der Waals surface area contributed by atoms with Crippen LogP contribution < -0.4 is 0 Å². The minimum Gasteiger partial charge on any atom is -0.456 e. The monoisotopic (exact) mass is 851 g/mol. The van der Waals surface area contributed by atoms with Crippen LogP contribution in [0.3, 0.4) is 0 Å². The number of nitrogens with zero attached hydrogens (tertiary/aromatic N) is 5. The molecule has 5 heterocycles. The minimum atomic E-state index is -1.05. The molecule has 0 aliphatic rings. The van der Waals surface area contributed by atoms with Gasteiger partial charge in [0.25, 0.3) is 0 Å². The van der Waals surface area contributed by atoms with Gasteiger partial charge in [0.2, 0.25) is 5.95 Å². The number of furan rings is 2. The molecule has 9 aromatic carbocycles. The maximum atomic E-state index is 10.4. The maximum Gasteiger partial charge on any atom is 0.238 e. The van der Waals surface area contributed by atoms with Crippen LogP contribution in [0.5, 0.6) is 0 Å². The summed E-state index contributed by atoms with van der Waals surface area (Å²) >= 11 is 0. The summed E-state index contributed by atoms with van der Waals surface area (Å²) in [4.78, 5) is 13.9. The topological polar surface area (TPSA) is 74.8 Å². The van der Waals surface area contributed by atoms with E-state index in [9.17, 15) is 17.8 Å². The molecular weight excluding hydrogens is 787 g/mol. The minimum absolute atomic E-state index is 0.500. The normalized spacial score (nSPS) is 19.1. The first-order valence-corrected chi connectivity index (χ1v) is 18.8. The van der Waals surface area contributed by atoms with Crippen LogP contribution in [0.4, 0.5) is 0 Å². The molecule has 14 rings (SSSR count). The molecule has 0 unspecified atom stereocenters. The molecule has 0 radical (unpaired) electrons. The molecule has 298 valence electrons. The van der Waals surface area contributed by atoms with Crippen molar-refractivity contribution in [1.82, 2.24) is 24.1 Å². The van der Waals surface area contributed by atoms with Crippen molar-refractivity contribution >= 4 is 87.5 Å². The van der Waals surface area contributed by atoms with Crippen LogP contribution in [-0.2, 0) is 0 Å². The molecule has 0 saturated heterocycles. The van der Waals surface area contributed by atoms with Gasteiger partial charge in [-0.25, -0.2) is 4.98 Å². The summed E-state index contributed by atoms with van der Waals surface area (Å²) in [6.45, 7) is 0. The van der Waals surface area contributed by atoms with Crippen LogP contribution >= 0.6 is 0 Å². The van der Waals surface area contributed by atoms with Gasteiger partial charge in [0.15, 0.2) is 17.2 Å². The highest BCUT2D eigenvalue weighted by Gasteiger charge is 2.26. The molecule has 7 heteroatoms. The second-order valence-corrected chi connectivity index (χ2v) is 13.9. The molecule has 0 bridgehead atoms. The molecule has 0 aliphatic carbocycles. The Kier molecular flexibility index (Phi) is 3.37. The smallest absolute Gasteiger partial charge is 0.238 e. The van der Waals surface area contributed by atoms with Crippen LogP contribution in [-0.4, -0.2) is 24.1 Å². The maximum absolute atomic E-state index is 10.4. The second-order valence-electron chi connectivity index (χ2n) is 13.9. The standard InChI is InChI=1S/C57H33N5O2/c1-3-16-34(17-4-1)36-32-44-39-22-9-13-27-48(39)64-54(44)47(33-36)61-45-25-11-7-20-37(45)40-30-31-41-38-21-8-12-26-46(38)62(53(41)52(40)61)57-59-55(35-18-5-2-6-19-35)58-56(60-57)43-24-15-29-50-51(43)42-23-10-14-28-49(42)63-50/h1-33H/i1D,2D,3D,4D,5D,6D,7D,8D,9D,10D,11D,12D,13D,14D,15D,16D,17D,18D,19D,20D,21D,22D,23D,24D,26D,27D,28D,29D,30D,31D,32D,33D. The summed E-state index contributed by atoms with van der Waals surface area (Å²) in [6.07, 6.45) is 0.